The summed E-state index contributed by atoms with van der Waals surface area (Å²) in [5.74, 6) is 0.0985. The molecule has 3 aromatic carbocycles. The smallest absolute Gasteiger partial charge is 0.325 e. The van der Waals surface area contributed by atoms with Gasteiger partial charge < -0.3 is 19.1 Å². The van der Waals surface area contributed by atoms with Crippen molar-refractivity contribution in [1.29, 1.82) is 0 Å². The minimum absolute atomic E-state index is 0.0273. The van der Waals surface area contributed by atoms with Crippen LogP contribution in [0.15, 0.2) is 75.3 Å². The number of ether oxygens (including phenoxy) is 3. The van der Waals surface area contributed by atoms with Gasteiger partial charge in [-0.05, 0) is 97.7 Å². The Labute approximate surface area is 251 Å². The average molecular weight is 691 g/mol. The Morgan fingerprint density at radius 3 is 2.35 bits per heavy atom. The van der Waals surface area contributed by atoms with E-state index in [0.29, 0.717) is 37.3 Å². The number of hydrogen-bond donors (Lipinski definition) is 0. The number of nitro groups is 1. The molecule has 10 nitrogen and oxygen atoms in total. The molecule has 0 atom stereocenters. The van der Waals surface area contributed by atoms with Gasteiger partial charge in [-0.15, -0.1) is 0 Å². The van der Waals surface area contributed by atoms with Crippen molar-refractivity contribution in [1.82, 2.24) is 4.90 Å². The lowest BCUT2D eigenvalue weighted by Gasteiger charge is -2.19. The molecule has 40 heavy (non-hydrogen) atoms. The fraction of sp³-hybridized carbons (Fsp3) is 0.148. The van der Waals surface area contributed by atoms with Gasteiger partial charge in [-0.1, -0.05) is 12.1 Å². The lowest BCUT2D eigenvalue weighted by atomic mass is 10.1. The number of amides is 1. The number of anilines is 1. The number of carbonyl (C=O) groups is 2. The topological polar surface area (TPSA) is 111 Å². The Kier molecular flexibility index (Phi) is 9.17. The number of halogens is 2. The Bertz CT molecular complexity index is 1510. The zero-order valence-electron chi connectivity index (χ0n) is 21.1. The maximum absolute atomic E-state index is 13.6. The molecule has 0 radical (unpaired) electrons. The highest BCUT2D eigenvalue weighted by molar-refractivity contribution is 9.11. The highest BCUT2D eigenvalue weighted by Gasteiger charge is 2.40. The highest BCUT2D eigenvalue weighted by Crippen LogP contribution is 2.37. The van der Waals surface area contributed by atoms with E-state index in [0.717, 1.165) is 0 Å². The average Bonchev–Trinajstić information content (AvgIpc) is 3.16. The van der Waals surface area contributed by atoms with Gasteiger partial charge in [-0.2, -0.15) is 0 Å². The predicted octanol–water partition coefficient (Wildman–Crippen LogP) is 5.86. The van der Waals surface area contributed by atoms with Crippen molar-refractivity contribution >= 4 is 78.5 Å². The SMILES string of the molecule is COC(=O)CN1C(=S)N(c2ccc(OC)cc2)C(=O)/C1=C/c1cc(Br)c(OCc2cccc([N+](=O)[O-])c2)c(Br)c1. The van der Waals surface area contributed by atoms with Crippen molar-refractivity contribution < 1.29 is 28.7 Å². The molecule has 1 fully saturated rings. The van der Waals surface area contributed by atoms with Crippen LogP contribution in [0.5, 0.6) is 11.5 Å². The molecule has 13 heteroatoms. The number of non-ortho nitro benzene ring substituents is 1. The Balaban J connectivity index is 1.64. The van der Waals surface area contributed by atoms with Gasteiger partial charge in [0, 0.05) is 12.1 Å². The Morgan fingerprint density at radius 2 is 1.75 bits per heavy atom. The van der Waals surface area contributed by atoms with E-state index in [1.165, 1.54) is 29.0 Å². The number of carbonyl (C=O) groups excluding carboxylic acids is 2. The van der Waals surface area contributed by atoms with E-state index in [4.69, 9.17) is 26.4 Å². The lowest BCUT2D eigenvalue weighted by molar-refractivity contribution is -0.384. The van der Waals surface area contributed by atoms with E-state index in [1.807, 2.05) is 0 Å². The van der Waals surface area contributed by atoms with E-state index in [-0.39, 0.29) is 29.6 Å². The number of rotatable bonds is 9. The summed E-state index contributed by atoms with van der Waals surface area (Å²) in [5.41, 5.74) is 1.90. The predicted molar refractivity (Wildman–Crippen MR) is 159 cm³/mol. The Hall–Kier alpha value is -3.81. The summed E-state index contributed by atoms with van der Waals surface area (Å²) in [7, 11) is 2.80. The van der Waals surface area contributed by atoms with Crippen molar-refractivity contribution in [3.8, 4) is 11.5 Å². The molecule has 0 saturated carbocycles. The van der Waals surface area contributed by atoms with Crippen LogP contribution in [0.2, 0.25) is 0 Å². The molecule has 1 amide bonds. The summed E-state index contributed by atoms with van der Waals surface area (Å²) >= 11 is 12.6. The van der Waals surface area contributed by atoms with Gasteiger partial charge in [0.25, 0.3) is 11.6 Å². The molecule has 1 aliphatic heterocycles. The van der Waals surface area contributed by atoms with E-state index in [2.05, 4.69) is 31.9 Å². The first-order valence-corrected chi connectivity index (χ1v) is 13.6. The van der Waals surface area contributed by atoms with E-state index >= 15 is 0 Å². The second-order valence-corrected chi connectivity index (χ2v) is 10.4. The van der Waals surface area contributed by atoms with Crippen molar-refractivity contribution in [3.05, 3.63) is 96.5 Å². The number of nitrogens with zero attached hydrogens (tertiary/aromatic N) is 3. The third-order valence-corrected chi connectivity index (χ3v) is 7.39. The van der Waals surface area contributed by atoms with Gasteiger partial charge in [0.1, 0.15) is 30.3 Å². The van der Waals surface area contributed by atoms with Gasteiger partial charge in [0.15, 0.2) is 5.11 Å². The standard InChI is InChI=1S/C27H21Br2N3O7S/c1-37-20-8-6-18(7-9-20)31-26(34)23(30(27(31)40)14-24(33)38-2)13-17-11-21(28)25(22(29)12-17)39-15-16-4-3-5-19(10-16)32(35)36/h3-13H,14-15H2,1-2H3/b23-13-. The molecule has 0 aliphatic carbocycles. The largest absolute Gasteiger partial charge is 0.497 e. The fourth-order valence-corrected chi connectivity index (χ4v) is 5.66. The maximum Gasteiger partial charge on any atom is 0.325 e. The quantitative estimate of drug-likeness (QED) is 0.0897. The summed E-state index contributed by atoms with van der Waals surface area (Å²) in [5, 5.41) is 11.2. The number of esters is 1. The zero-order valence-corrected chi connectivity index (χ0v) is 25.1. The van der Waals surface area contributed by atoms with Crippen molar-refractivity contribution in [2.75, 3.05) is 25.7 Å². The van der Waals surface area contributed by atoms with Crippen LogP contribution in [0.1, 0.15) is 11.1 Å². The molecule has 0 spiro atoms. The summed E-state index contributed by atoms with van der Waals surface area (Å²) in [6.07, 6.45) is 1.61. The molecule has 0 unspecified atom stereocenters. The molecular formula is C27H21Br2N3O7S. The van der Waals surface area contributed by atoms with Crippen LogP contribution in [0.25, 0.3) is 6.08 Å². The lowest BCUT2D eigenvalue weighted by Crippen LogP contribution is -2.35. The molecular weight excluding hydrogens is 670 g/mol. The van der Waals surface area contributed by atoms with Gasteiger partial charge in [0.05, 0.1) is 33.8 Å². The summed E-state index contributed by atoms with van der Waals surface area (Å²) < 4.78 is 17.1. The highest BCUT2D eigenvalue weighted by atomic mass is 79.9. The normalized spacial score (nSPS) is 14.1. The molecule has 1 aliphatic rings. The van der Waals surface area contributed by atoms with E-state index in [1.54, 1.807) is 61.7 Å². The summed E-state index contributed by atoms with van der Waals surface area (Å²) in [6.45, 7) is -0.165. The van der Waals surface area contributed by atoms with Crippen molar-refractivity contribution in [2.45, 2.75) is 6.61 Å². The number of hydrogen-bond acceptors (Lipinski definition) is 8. The van der Waals surface area contributed by atoms with Crippen molar-refractivity contribution in [3.63, 3.8) is 0 Å². The summed E-state index contributed by atoms with van der Waals surface area (Å²) in [6, 6.07) is 16.5. The van der Waals surface area contributed by atoms with Crippen LogP contribution in [0, 0.1) is 10.1 Å². The first-order chi connectivity index (χ1) is 19.1. The van der Waals surface area contributed by atoms with Gasteiger partial charge >= 0.3 is 5.97 Å². The van der Waals surface area contributed by atoms with Crippen LogP contribution >= 0.6 is 44.1 Å². The molecule has 0 aromatic heterocycles. The summed E-state index contributed by atoms with van der Waals surface area (Å²) in [4.78, 5) is 39.1. The third kappa shape index (κ3) is 6.32. The minimum atomic E-state index is -0.565. The zero-order chi connectivity index (χ0) is 29.0. The van der Waals surface area contributed by atoms with Crippen LogP contribution in [-0.2, 0) is 20.9 Å². The first kappa shape index (κ1) is 29.2. The van der Waals surface area contributed by atoms with E-state index < -0.39 is 16.8 Å². The van der Waals surface area contributed by atoms with Gasteiger partial charge in [0.2, 0.25) is 0 Å². The molecule has 1 saturated heterocycles. The molecule has 0 N–H and O–H groups in total. The molecule has 4 rings (SSSR count). The van der Waals surface area contributed by atoms with E-state index in [9.17, 15) is 19.7 Å². The van der Waals surface area contributed by atoms with Gasteiger partial charge in [-0.3, -0.25) is 24.6 Å². The van der Waals surface area contributed by atoms with Gasteiger partial charge in [-0.25, -0.2) is 0 Å². The second-order valence-electron chi connectivity index (χ2n) is 8.34. The first-order valence-electron chi connectivity index (χ1n) is 11.6. The number of benzene rings is 3. The van der Waals surface area contributed by atoms with Crippen LogP contribution < -0.4 is 14.4 Å². The minimum Gasteiger partial charge on any atom is -0.497 e. The molecule has 206 valence electrons. The number of nitro benzene ring substituents is 1. The van der Waals surface area contributed by atoms with Crippen LogP contribution in [0.3, 0.4) is 0 Å². The number of methoxy groups -OCH3 is 2. The third-order valence-electron chi connectivity index (χ3n) is 5.81. The molecule has 0 bridgehead atoms. The second kappa shape index (κ2) is 12.6. The molecule has 1 heterocycles. The monoisotopic (exact) mass is 689 g/mol. The molecule has 3 aromatic rings. The maximum atomic E-state index is 13.6. The van der Waals surface area contributed by atoms with Crippen LogP contribution in [-0.4, -0.2) is 47.6 Å². The Morgan fingerprint density at radius 1 is 1.07 bits per heavy atom. The van der Waals surface area contributed by atoms with Crippen LogP contribution in [0.4, 0.5) is 11.4 Å². The number of thiocarbonyl (C=S) groups is 1. The van der Waals surface area contributed by atoms with Crippen molar-refractivity contribution in [2.24, 2.45) is 0 Å². The fourth-order valence-electron chi connectivity index (χ4n) is 3.86.